The minimum atomic E-state index is -0.774. The van der Waals surface area contributed by atoms with E-state index in [2.05, 4.69) is 10.3 Å². The first-order chi connectivity index (χ1) is 13.5. The molecule has 1 aliphatic heterocycles. The fourth-order valence-corrected chi connectivity index (χ4v) is 3.04. The zero-order chi connectivity index (χ0) is 19.7. The summed E-state index contributed by atoms with van der Waals surface area (Å²) in [6.45, 7) is 1.79. The maximum atomic E-state index is 12.6. The summed E-state index contributed by atoms with van der Waals surface area (Å²) in [6, 6.07) is 13.9. The minimum absolute atomic E-state index is 0.181. The Morgan fingerprint density at radius 2 is 1.71 bits per heavy atom. The van der Waals surface area contributed by atoms with Crippen LogP contribution in [0.1, 0.15) is 23.1 Å². The molecule has 28 heavy (non-hydrogen) atoms. The average molecular weight is 377 g/mol. The molecule has 2 aromatic carbocycles. The van der Waals surface area contributed by atoms with E-state index in [1.165, 1.54) is 0 Å². The molecule has 0 saturated carbocycles. The van der Waals surface area contributed by atoms with Crippen molar-refractivity contribution in [3.8, 4) is 11.5 Å². The molecule has 4 rings (SSSR count). The third kappa shape index (κ3) is 3.34. The molecule has 0 fully saturated rings. The number of amides is 1. The summed E-state index contributed by atoms with van der Waals surface area (Å²) in [6.07, 6.45) is 2.09. The van der Waals surface area contributed by atoms with Crippen molar-refractivity contribution >= 4 is 17.4 Å². The zero-order valence-corrected chi connectivity index (χ0v) is 15.5. The number of aryl methyl sites for hydroxylation is 1. The Hall–Kier alpha value is -3.61. The van der Waals surface area contributed by atoms with Crippen LogP contribution in [-0.4, -0.2) is 33.4 Å². The maximum Gasteiger partial charge on any atom is 0.269 e. The molecule has 0 bridgehead atoms. The second-order valence-electron chi connectivity index (χ2n) is 6.57. The summed E-state index contributed by atoms with van der Waals surface area (Å²) in [5.41, 5.74) is 1.06. The van der Waals surface area contributed by atoms with Gasteiger partial charge in [0.1, 0.15) is 6.10 Å². The van der Waals surface area contributed by atoms with Gasteiger partial charge in [0.25, 0.3) is 5.91 Å². The van der Waals surface area contributed by atoms with Crippen LogP contribution in [0.4, 0.5) is 5.69 Å². The summed E-state index contributed by atoms with van der Waals surface area (Å²) in [4.78, 5) is 29.2. The van der Waals surface area contributed by atoms with E-state index in [1.54, 1.807) is 67.3 Å². The highest BCUT2D eigenvalue weighted by Gasteiger charge is 2.34. The number of nitrogens with zero attached hydrogens (tertiary/aromatic N) is 2. The third-order valence-corrected chi connectivity index (χ3v) is 4.54. The van der Waals surface area contributed by atoms with Crippen LogP contribution in [0.2, 0.25) is 0 Å². The number of imidazole rings is 1. The third-order valence-electron chi connectivity index (χ3n) is 4.54. The summed E-state index contributed by atoms with van der Waals surface area (Å²) in [7, 11) is 1.76. The Bertz CT molecular complexity index is 1030. The first-order valence-electron chi connectivity index (χ1n) is 8.88. The van der Waals surface area contributed by atoms with Gasteiger partial charge in [-0.1, -0.05) is 12.1 Å². The van der Waals surface area contributed by atoms with Crippen molar-refractivity contribution in [2.75, 3.05) is 5.32 Å². The molecule has 1 aliphatic rings. The van der Waals surface area contributed by atoms with Gasteiger partial charge in [0.15, 0.2) is 17.3 Å². The van der Waals surface area contributed by atoms with Gasteiger partial charge in [-0.3, -0.25) is 9.59 Å². The summed E-state index contributed by atoms with van der Waals surface area (Å²) in [5, 5.41) is 2.81. The number of ether oxygens (including phenoxy) is 2. The van der Waals surface area contributed by atoms with Crippen LogP contribution in [0.3, 0.4) is 0 Å². The van der Waals surface area contributed by atoms with Crippen molar-refractivity contribution < 1.29 is 19.1 Å². The molecule has 0 unspecified atom stereocenters. The molecular weight excluding hydrogens is 358 g/mol. The number of hydrogen-bond donors (Lipinski definition) is 1. The van der Waals surface area contributed by atoms with Crippen LogP contribution in [0.5, 0.6) is 11.5 Å². The van der Waals surface area contributed by atoms with Gasteiger partial charge in [-0.2, -0.15) is 0 Å². The number of hydrogen-bond acceptors (Lipinski definition) is 5. The van der Waals surface area contributed by atoms with Crippen LogP contribution in [0, 0.1) is 0 Å². The number of para-hydroxylation sites is 2. The van der Waals surface area contributed by atoms with E-state index in [1.807, 2.05) is 12.1 Å². The van der Waals surface area contributed by atoms with Gasteiger partial charge in [0.05, 0.1) is 0 Å². The second kappa shape index (κ2) is 7.19. The first kappa shape index (κ1) is 17.8. The van der Waals surface area contributed by atoms with Crippen molar-refractivity contribution in [2.24, 2.45) is 7.05 Å². The highest BCUT2D eigenvalue weighted by molar-refractivity contribution is 6.07. The van der Waals surface area contributed by atoms with E-state index in [0.717, 1.165) is 0 Å². The van der Waals surface area contributed by atoms with Gasteiger partial charge in [0.2, 0.25) is 11.9 Å². The van der Waals surface area contributed by atoms with E-state index >= 15 is 0 Å². The minimum Gasteiger partial charge on any atom is -0.482 e. The smallest absolute Gasteiger partial charge is 0.269 e. The van der Waals surface area contributed by atoms with E-state index < -0.39 is 12.2 Å². The molecule has 3 aromatic rings. The van der Waals surface area contributed by atoms with Crippen LogP contribution in [0.15, 0.2) is 60.9 Å². The van der Waals surface area contributed by atoms with Gasteiger partial charge in [-0.05, 0) is 43.3 Å². The topological polar surface area (TPSA) is 82.4 Å². The summed E-state index contributed by atoms with van der Waals surface area (Å²) in [5.74, 6) is 1.02. The van der Waals surface area contributed by atoms with E-state index in [-0.39, 0.29) is 11.7 Å². The lowest BCUT2D eigenvalue weighted by Crippen LogP contribution is -2.46. The highest BCUT2D eigenvalue weighted by atomic mass is 16.6. The van der Waals surface area contributed by atoms with Gasteiger partial charge in [-0.25, -0.2) is 4.98 Å². The van der Waals surface area contributed by atoms with Crippen LogP contribution in [0.25, 0.3) is 0 Å². The number of rotatable bonds is 4. The molecule has 1 amide bonds. The average Bonchev–Trinajstić information content (AvgIpc) is 3.13. The highest BCUT2D eigenvalue weighted by Crippen LogP contribution is 2.33. The van der Waals surface area contributed by atoms with Crippen molar-refractivity contribution in [3.63, 3.8) is 0 Å². The Morgan fingerprint density at radius 1 is 1.04 bits per heavy atom. The Morgan fingerprint density at radius 3 is 2.36 bits per heavy atom. The number of nitrogens with one attached hydrogen (secondary N) is 1. The molecular formula is C21H19N3O4. The fourth-order valence-electron chi connectivity index (χ4n) is 3.04. The van der Waals surface area contributed by atoms with Crippen molar-refractivity contribution in [3.05, 3.63) is 72.3 Å². The van der Waals surface area contributed by atoms with Gasteiger partial charge < -0.3 is 19.4 Å². The largest absolute Gasteiger partial charge is 0.482 e. The maximum absolute atomic E-state index is 12.6. The van der Waals surface area contributed by atoms with E-state index in [0.29, 0.717) is 28.6 Å². The number of carbonyl (C=O) groups is 2. The zero-order valence-electron chi connectivity index (χ0n) is 15.5. The fraction of sp³-hybridized carbons (Fsp3) is 0.190. The molecule has 0 radical (unpaired) electrons. The molecule has 0 aliphatic carbocycles. The molecule has 7 nitrogen and oxygen atoms in total. The van der Waals surface area contributed by atoms with Crippen molar-refractivity contribution in [1.82, 2.24) is 9.55 Å². The predicted molar refractivity (Wildman–Crippen MR) is 103 cm³/mol. The van der Waals surface area contributed by atoms with Gasteiger partial charge in [-0.15, -0.1) is 0 Å². The molecule has 0 spiro atoms. The Balaban J connectivity index is 1.45. The number of aromatic nitrogens is 2. The number of fused-ring (bicyclic) bond motifs is 1. The first-order valence-corrected chi connectivity index (χ1v) is 8.88. The molecule has 7 heteroatoms. The van der Waals surface area contributed by atoms with Crippen LogP contribution < -0.4 is 14.8 Å². The van der Waals surface area contributed by atoms with Gasteiger partial charge in [0, 0.05) is 30.7 Å². The van der Waals surface area contributed by atoms with Gasteiger partial charge >= 0.3 is 0 Å². The molecule has 1 N–H and O–H groups in total. The van der Waals surface area contributed by atoms with Crippen molar-refractivity contribution in [1.29, 1.82) is 0 Å². The second-order valence-corrected chi connectivity index (χ2v) is 6.57. The van der Waals surface area contributed by atoms with E-state index in [4.69, 9.17) is 9.47 Å². The van der Waals surface area contributed by atoms with Crippen molar-refractivity contribution in [2.45, 2.75) is 19.1 Å². The number of ketones is 1. The SMILES string of the molecule is C[C@H]1Oc2ccccc2O[C@@H]1C(=O)Nc1ccc(C(=O)c2nccn2C)cc1. The Kier molecular flexibility index (Phi) is 4.57. The molecule has 1 aromatic heterocycles. The number of carbonyl (C=O) groups excluding carboxylic acids is 2. The lowest BCUT2D eigenvalue weighted by Gasteiger charge is -2.31. The summed E-state index contributed by atoms with van der Waals surface area (Å²) < 4.78 is 13.2. The van der Waals surface area contributed by atoms with E-state index in [9.17, 15) is 9.59 Å². The predicted octanol–water partition coefficient (Wildman–Crippen LogP) is 2.82. The summed E-state index contributed by atoms with van der Waals surface area (Å²) >= 11 is 0. The lowest BCUT2D eigenvalue weighted by atomic mass is 10.1. The molecule has 2 atom stereocenters. The lowest BCUT2D eigenvalue weighted by molar-refractivity contribution is -0.128. The molecule has 142 valence electrons. The Labute approximate surface area is 161 Å². The standard InChI is InChI=1S/C21H19N3O4/c1-13-19(28-17-6-4-3-5-16(17)27-13)21(26)23-15-9-7-14(8-10-15)18(25)20-22-11-12-24(20)2/h3-13,19H,1-2H3,(H,23,26)/t13-,19+/m1/s1. The molecule has 2 heterocycles. The van der Waals surface area contributed by atoms with Crippen LogP contribution in [-0.2, 0) is 11.8 Å². The normalized spacial score (nSPS) is 17.8. The monoisotopic (exact) mass is 377 g/mol. The van der Waals surface area contributed by atoms with Crippen LogP contribution >= 0.6 is 0 Å². The molecule has 0 saturated heterocycles. The quantitative estimate of drug-likeness (QED) is 0.707. The number of benzene rings is 2. The number of anilines is 1.